The van der Waals surface area contributed by atoms with Crippen molar-refractivity contribution in [2.75, 3.05) is 5.32 Å². The highest BCUT2D eigenvalue weighted by molar-refractivity contribution is 6.35. The van der Waals surface area contributed by atoms with Gasteiger partial charge < -0.3 is 10.4 Å². The number of carboxylic acids is 1. The van der Waals surface area contributed by atoms with Crippen LogP contribution in [0.3, 0.4) is 0 Å². The third-order valence-electron chi connectivity index (χ3n) is 1.87. The fraction of sp³-hybridized carbons (Fsp3) is 0.0909. The van der Waals surface area contributed by atoms with Gasteiger partial charge in [0.1, 0.15) is 0 Å². The zero-order valence-corrected chi connectivity index (χ0v) is 10.3. The summed E-state index contributed by atoms with van der Waals surface area (Å²) < 4.78 is 0. The Hall–Kier alpha value is -1.52. The van der Waals surface area contributed by atoms with Crippen LogP contribution in [0.4, 0.5) is 5.69 Å². The molecule has 0 heterocycles. The lowest BCUT2D eigenvalue weighted by Crippen LogP contribution is -2.14. The maximum atomic E-state index is 11.6. The predicted octanol–water partition coefficient (Wildman–Crippen LogP) is 2.96. The summed E-state index contributed by atoms with van der Waals surface area (Å²) in [6, 6.07) is 4.60. The summed E-state index contributed by atoms with van der Waals surface area (Å²) in [5.41, 5.74) is 0.399. The van der Waals surface area contributed by atoms with E-state index in [-0.39, 0.29) is 5.57 Å². The van der Waals surface area contributed by atoms with Gasteiger partial charge in [0.05, 0.1) is 10.7 Å². The van der Waals surface area contributed by atoms with Gasteiger partial charge in [0.25, 0.3) is 5.91 Å². The highest BCUT2D eigenvalue weighted by Crippen LogP contribution is 2.25. The van der Waals surface area contributed by atoms with Gasteiger partial charge in [-0.05, 0) is 25.1 Å². The van der Waals surface area contributed by atoms with Gasteiger partial charge in [0.15, 0.2) is 0 Å². The quantitative estimate of drug-likeness (QED) is 0.833. The number of halogens is 2. The molecule has 0 aliphatic carbocycles. The van der Waals surface area contributed by atoms with Gasteiger partial charge in [0.2, 0.25) is 0 Å². The van der Waals surface area contributed by atoms with E-state index >= 15 is 0 Å². The molecule has 0 saturated heterocycles. The first-order chi connectivity index (χ1) is 7.90. The van der Waals surface area contributed by atoms with Gasteiger partial charge in [-0.25, -0.2) is 4.79 Å². The Kier molecular flexibility index (Phi) is 4.54. The summed E-state index contributed by atoms with van der Waals surface area (Å²) in [4.78, 5) is 22.0. The molecule has 0 radical (unpaired) electrons. The Bertz CT molecular complexity index is 497. The van der Waals surface area contributed by atoms with Crippen LogP contribution in [-0.2, 0) is 9.59 Å². The topological polar surface area (TPSA) is 66.4 Å². The van der Waals surface area contributed by atoms with Crippen molar-refractivity contribution in [3.63, 3.8) is 0 Å². The molecule has 4 nitrogen and oxygen atoms in total. The van der Waals surface area contributed by atoms with Crippen molar-refractivity contribution in [1.82, 2.24) is 0 Å². The fourth-order valence-corrected chi connectivity index (χ4v) is 1.40. The Balaban J connectivity index is 2.88. The maximum Gasteiger partial charge on any atom is 0.328 e. The summed E-state index contributed by atoms with van der Waals surface area (Å²) >= 11 is 11.6. The van der Waals surface area contributed by atoms with Gasteiger partial charge in [-0.2, -0.15) is 0 Å². The maximum absolute atomic E-state index is 11.6. The molecule has 1 rings (SSSR count). The molecule has 0 unspecified atom stereocenters. The minimum Gasteiger partial charge on any atom is -0.478 e. The zero-order valence-electron chi connectivity index (χ0n) is 8.83. The van der Waals surface area contributed by atoms with Crippen LogP contribution in [0.1, 0.15) is 6.92 Å². The molecule has 2 N–H and O–H groups in total. The van der Waals surface area contributed by atoms with Crippen LogP contribution < -0.4 is 5.32 Å². The van der Waals surface area contributed by atoms with E-state index in [1.165, 1.54) is 19.1 Å². The molecule has 0 aromatic heterocycles. The summed E-state index contributed by atoms with van der Waals surface area (Å²) in [6.45, 7) is 1.39. The molecule has 90 valence electrons. The van der Waals surface area contributed by atoms with Crippen LogP contribution in [0.15, 0.2) is 29.8 Å². The van der Waals surface area contributed by atoms with Gasteiger partial charge in [-0.15, -0.1) is 0 Å². The fourth-order valence-electron chi connectivity index (χ4n) is 1.06. The average molecular weight is 274 g/mol. The van der Waals surface area contributed by atoms with Gasteiger partial charge in [-0.1, -0.05) is 23.2 Å². The van der Waals surface area contributed by atoms with E-state index in [9.17, 15) is 9.59 Å². The van der Waals surface area contributed by atoms with Crippen molar-refractivity contribution in [2.45, 2.75) is 6.92 Å². The summed E-state index contributed by atoms with van der Waals surface area (Å²) in [5.74, 6) is -1.73. The largest absolute Gasteiger partial charge is 0.478 e. The molecule has 0 saturated carbocycles. The molecule has 0 fully saturated rings. The molecule has 0 bridgehead atoms. The van der Waals surface area contributed by atoms with Crippen molar-refractivity contribution in [1.29, 1.82) is 0 Å². The lowest BCUT2D eigenvalue weighted by Gasteiger charge is -2.07. The van der Waals surface area contributed by atoms with Crippen LogP contribution in [0.2, 0.25) is 10.0 Å². The number of carbonyl (C=O) groups excluding carboxylic acids is 1. The lowest BCUT2D eigenvalue weighted by molar-refractivity contribution is -0.131. The van der Waals surface area contributed by atoms with E-state index in [2.05, 4.69) is 5.32 Å². The van der Waals surface area contributed by atoms with E-state index in [1.54, 1.807) is 6.07 Å². The zero-order chi connectivity index (χ0) is 13.0. The van der Waals surface area contributed by atoms with Crippen LogP contribution in [-0.4, -0.2) is 17.0 Å². The first-order valence-electron chi connectivity index (χ1n) is 4.58. The van der Waals surface area contributed by atoms with Crippen molar-refractivity contribution in [2.24, 2.45) is 0 Å². The number of rotatable bonds is 3. The third kappa shape index (κ3) is 4.09. The van der Waals surface area contributed by atoms with E-state index in [4.69, 9.17) is 28.3 Å². The second-order valence-corrected chi connectivity index (χ2v) is 4.09. The standard InChI is InChI=1S/C11H9Cl2NO3/c1-6(4-10(15)16)11(17)14-9-5-7(12)2-3-8(9)13/h2-5H,1H3,(H,14,17)(H,15,16)/b6-4+. The van der Waals surface area contributed by atoms with Crippen molar-refractivity contribution >= 4 is 40.8 Å². The summed E-state index contributed by atoms with van der Waals surface area (Å²) in [6.07, 6.45) is 0.813. The number of aliphatic carboxylic acids is 1. The van der Waals surface area contributed by atoms with Gasteiger partial charge in [-0.3, -0.25) is 4.79 Å². The van der Waals surface area contributed by atoms with Gasteiger partial charge >= 0.3 is 5.97 Å². The number of amides is 1. The molecular formula is C11H9Cl2NO3. The number of benzene rings is 1. The first kappa shape index (κ1) is 13.5. The number of carboxylic acid groups (broad SMARTS) is 1. The number of carbonyl (C=O) groups is 2. The molecule has 1 amide bonds. The molecule has 6 heteroatoms. The van der Waals surface area contributed by atoms with E-state index in [1.807, 2.05) is 0 Å². The monoisotopic (exact) mass is 273 g/mol. The van der Waals surface area contributed by atoms with Gasteiger partial charge in [0, 0.05) is 16.7 Å². The van der Waals surface area contributed by atoms with Crippen LogP contribution >= 0.6 is 23.2 Å². The third-order valence-corrected chi connectivity index (χ3v) is 2.44. The molecule has 1 aromatic rings. The Labute approximate surface area is 108 Å². The highest BCUT2D eigenvalue weighted by Gasteiger charge is 2.09. The van der Waals surface area contributed by atoms with E-state index in [0.717, 1.165) is 6.08 Å². The number of hydrogen-bond acceptors (Lipinski definition) is 2. The second kappa shape index (κ2) is 5.70. The van der Waals surface area contributed by atoms with Crippen molar-refractivity contribution < 1.29 is 14.7 Å². The molecule has 0 spiro atoms. The number of anilines is 1. The molecule has 0 aliphatic heterocycles. The SMILES string of the molecule is C/C(=C\C(=O)O)C(=O)Nc1cc(Cl)ccc1Cl. The first-order valence-corrected chi connectivity index (χ1v) is 5.33. The number of hydrogen-bond donors (Lipinski definition) is 2. The van der Waals surface area contributed by atoms with E-state index in [0.29, 0.717) is 15.7 Å². The van der Waals surface area contributed by atoms with Crippen molar-refractivity contribution in [3.05, 3.63) is 39.9 Å². The summed E-state index contributed by atoms with van der Waals surface area (Å²) in [5, 5.41) is 11.7. The minimum atomic E-state index is -1.19. The van der Waals surface area contributed by atoms with Crippen molar-refractivity contribution in [3.8, 4) is 0 Å². The van der Waals surface area contributed by atoms with Crippen LogP contribution in [0, 0.1) is 0 Å². The second-order valence-electron chi connectivity index (χ2n) is 3.24. The lowest BCUT2D eigenvalue weighted by atomic mass is 10.2. The normalized spacial score (nSPS) is 11.1. The number of nitrogens with one attached hydrogen (secondary N) is 1. The Morgan fingerprint density at radius 1 is 1.35 bits per heavy atom. The minimum absolute atomic E-state index is 0.0635. The Morgan fingerprint density at radius 3 is 2.59 bits per heavy atom. The predicted molar refractivity (Wildman–Crippen MR) is 66.5 cm³/mol. The smallest absolute Gasteiger partial charge is 0.328 e. The molecule has 0 aliphatic rings. The Morgan fingerprint density at radius 2 is 2.00 bits per heavy atom. The molecule has 1 aromatic carbocycles. The van der Waals surface area contributed by atoms with E-state index < -0.39 is 11.9 Å². The van der Waals surface area contributed by atoms with Crippen LogP contribution in [0.25, 0.3) is 0 Å². The molecule has 0 atom stereocenters. The average Bonchev–Trinajstić information content (AvgIpc) is 2.22. The molecule has 17 heavy (non-hydrogen) atoms. The summed E-state index contributed by atoms with van der Waals surface area (Å²) in [7, 11) is 0. The molecular weight excluding hydrogens is 265 g/mol. The highest BCUT2D eigenvalue weighted by atomic mass is 35.5. The van der Waals surface area contributed by atoms with Crippen LogP contribution in [0.5, 0.6) is 0 Å².